The Kier molecular flexibility index (Phi) is 4.39. The molecule has 3 nitrogen and oxygen atoms in total. The molecule has 0 aromatic heterocycles. The van der Waals surface area contributed by atoms with Crippen molar-refractivity contribution in [3.63, 3.8) is 0 Å². The molecule has 2 rings (SSSR count). The number of carbonyl (C=O) groups is 1. The maximum absolute atomic E-state index is 12.4. The molecule has 0 saturated heterocycles. The molecule has 0 aliphatic rings. The Morgan fingerprint density at radius 3 is 2.10 bits per heavy atom. The van der Waals surface area contributed by atoms with Gasteiger partial charge in [-0.05, 0) is 47.9 Å². The fourth-order valence-electron chi connectivity index (χ4n) is 2.08. The highest BCUT2D eigenvalue weighted by Crippen LogP contribution is 2.19. The van der Waals surface area contributed by atoms with Crippen LogP contribution in [0.4, 0.5) is 5.69 Å². The second-order valence-electron chi connectivity index (χ2n) is 5.30. The van der Waals surface area contributed by atoms with Gasteiger partial charge in [0, 0.05) is 18.3 Å². The Balaban J connectivity index is 2.20. The minimum absolute atomic E-state index is 0.0602. The van der Waals surface area contributed by atoms with Crippen molar-refractivity contribution in [2.24, 2.45) is 0 Å². The first-order chi connectivity index (χ1) is 10.0. The summed E-state index contributed by atoms with van der Waals surface area (Å²) < 4.78 is 0. The molecule has 1 amide bonds. The van der Waals surface area contributed by atoms with Gasteiger partial charge in [0.25, 0.3) is 5.91 Å². The van der Waals surface area contributed by atoms with Crippen LogP contribution in [-0.2, 0) is 0 Å². The molecule has 0 atom stereocenters. The first kappa shape index (κ1) is 14.8. The van der Waals surface area contributed by atoms with Crippen molar-refractivity contribution in [2.75, 3.05) is 11.9 Å². The maximum Gasteiger partial charge on any atom is 0.258 e. The van der Waals surface area contributed by atoms with E-state index in [0.717, 1.165) is 5.69 Å². The monoisotopic (exact) mass is 278 g/mol. The van der Waals surface area contributed by atoms with Gasteiger partial charge in [-0.15, -0.1) is 0 Å². The summed E-state index contributed by atoms with van der Waals surface area (Å²) in [5.74, 6) is 0.389. The number of carbonyl (C=O) groups excluding carboxylic acids is 1. The highest BCUT2D eigenvalue weighted by molar-refractivity contribution is 6.05. The fourth-order valence-corrected chi connectivity index (χ4v) is 2.08. The number of nitriles is 1. The second kappa shape index (κ2) is 6.23. The van der Waals surface area contributed by atoms with E-state index >= 15 is 0 Å². The van der Waals surface area contributed by atoms with E-state index in [4.69, 9.17) is 5.26 Å². The summed E-state index contributed by atoms with van der Waals surface area (Å²) in [6.45, 7) is 4.25. The zero-order valence-electron chi connectivity index (χ0n) is 12.5. The summed E-state index contributed by atoms with van der Waals surface area (Å²) in [5, 5.41) is 8.79. The lowest BCUT2D eigenvalue weighted by Crippen LogP contribution is -2.26. The van der Waals surface area contributed by atoms with Gasteiger partial charge >= 0.3 is 0 Å². The Bertz CT molecular complexity index is 664. The third-order valence-corrected chi connectivity index (χ3v) is 3.51. The molecule has 0 fully saturated rings. The Morgan fingerprint density at radius 2 is 1.62 bits per heavy atom. The SMILES string of the molecule is CC(C)c1ccc(C(=O)N(C)c2ccc(C#N)cc2)cc1. The summed E-state index contributed by atoms with van der Waals surface area (Å²) in [6, 6.07) is 16.7. The lowest BCUT2D eigenvalue weighted by molar-refractivity contribution is 0.0993. The van der Waals surface area contributed by atoms with Gasteiger partial charge in [-0.3, -0.25) is 4.79 Å². The molecule has 0 bridgehead atoms. The number of nitrogens with zero attached hydrogens (tertiary/aromatic N) is 2. The van der Waals surface area contributed by atoms with Crippen molar-refractivity contribution in [1.82, 2.24) is 0 Å². The lowest BCUT2D eigenvalue weighted by atomic mass is 10.0. The standard InChI is InChI=1S/C18H18N2O/c1-13(2)15-6-8-16(9-7-15)18(21)20(3)17-10-4-14(12-19)5-11-17/h4-11,13H,1-3H3. The van der Waals surface area contributed by atoms with Crippen molar-refractivity contribution in [1.29, 1.82) is 5.26 Å². The molecule has 0 aliphatic heterocycles. The molecule has 21 heavy (non-hydrogen) atoms. The third kappa shape index (κ3) is 3.29. The van der Waals surface area contributed by atoms with E-state index in [1.165, 1.54) is 5.56 Å². The van der Waals surface area contributed by atoms with Crippen LogP contribution in [0.2, 0.25) is 0 Å². The summed E-state index contributed by atoms with van der Waals surface area (Å²) in [6.07, 6.45) is 0. The number of anilines is 1. The minimum Gasteiger partial charge on any atom is -0.311 e. The topological polar surface area (TPSA) is 44.1 Å². The molecule has 0 N–H and O–H groups in total. The molecular weight excluding hydrogens is 260 g/mol. The molecule has 0 spiro atoms. The van der Waals surface area contributed by atoms with Gasteiger partial charge in [0.2, 0.25) is 0 Å². The summed E-state index contributed by atoms with van der Waals surface area (Å²) in [5.41, 5.74) is 3.23. The molecular formula is C18H18N2O. The van der Waals surface area contributed by atoms with Crippen LogP contribution in [0, 0.1) is 11.3 Å². The van der Waals surface area contributed by atoms with Gasteiger partial charge < -0.3 is 4.90 Å². The van der Waals surface area contributed by atoms with Crippen LogP contribution in [0.15, 0.2) is 48.5 Å². The Morgan fingerprint density at radius 1 is 1.05 bits per heavy atom. The highest BCUT2D eigenvalue weighted by atomic mass is 16.2. The van der Waals surface area contributed by atoms with E-state index in [1.807, 2.05) is 24.3 Å². The average Bonchev–Trinajstić information content (AvgIpc) is 2.53. The van der Waals surface area contributed by atoms with Gasteiger partial charge in [0.05, 0.1) is 11.6 Å². The van der Waals surface area contributed by atoms with Gasteiger partial charge in [0.15, 0.2) is 0 Å². The Labute approximate surface area is 125 Å². The number of amides is 1. The highest BCUT2D eigenvalue weighted by Gasteiger charge is 2.13. The molecule has 0 radical (unpaired) electrons. The fraction of sp³-hybridized carbons (Fsp3) is 0.222. The van der Waals surface area contributed by atoms with Crippen molar-refractivity contribution in [3.05, 3.63) is 65.2 Å². The number of hydrogen-bond acceptors (Lipinski definition) is 2. The van der Waals surface area contributed by atoms with Crippen LogP contribution < -0.4 is 4.90 Å². The molecule has 0 aliphatic carbocycles. The Hall–Kier alpha value is -2.60. The number of hydrogen-bond donors (Lipinski definition) is 0. The van der Waals surface area contributed by atoms with Crippen molar-refractivity contribution in [2.45, 2.75) is 19.8 Å². The number of benzene rings is 2. The summed E-state index contributed by atoms with van der Waals surface area (Å²) in [7, 11) is 1.74. The number of rotatable bonds is 3. The first-order valence-corrected chi connectivity index (χ1v) is 6.91. The van der Waals surface area contributed by atoms with Gasteiger partial charge in [-0.2, -0.15) is 5.26 Å². The largest absolute Gasteiger partial charge is 0.311 e. The van der Waals surface area contributed by atoms with Crippen molar-refractivity contribution in [3.8, 4) is 6.07 Å². The normalized spacial score (nSPS) is 10.2. The van der Waals surface area contributed by atoms with E-state index in [9.17, 15) is 4.79 Å². The smallest absolute Gasteiger partial charge is 0.258 e. The zero-order chi connectivity index (χ0) is 15.4. The van der Waals surface area contributed by atoms with Crippen molar-refractivity contribution >= 4 is 11.6 Å². The molecule has 0 saturated carbocycles. The maximum atomic E-state index is 12.4. The van der Waals surface area contributed by atoms with Crippen LogP contribution in [0.5, 0.6) is 0 Å². The van der Waals surface area contributed by atoms with E-state index in [2.05, 4.69) is 19.9 Å². The first-order valence-electron chi connectivity index (χ1n) is 6.91. The van der Waals surface area contributed by atoms with Gasteiger partial charge in [-0.1, -0.05) is 26.0 Å². The van der Waals surface area contributed by atoms with E-state index in [1.54, 1.807) is 36.2 Å². The van der Waals surface area contributed by atoms with Crippen LogP contribution in [0.3, 0.4) is 0 Å². The van der Waals surface area contributed by atoms with Crippen LogP contribution in [-0.4, -0.2) is 13.0 Å². The third-order valence-electron chi connectivity index (χ3n) is 3.51. The molecule has 106 valence electrons. The van der Waals surface area contributed by atoms with E-state index < -0.39 is 0 Å². The second-order valence-corrected chi connectivity index (χ2v) is 5.30. The lowest BCUT2D eigenvalue weighted by Gasteiger charge is -2.18. The predicted octanol–water partition coefficient (Wildman–Crippen LogP) is 3.96. The molecule has 2 aromatic carbocycles. The predicted molar refractivity (Wildman–Crippen MR) is 84.4 cm³/mol. The minimum atomic E-state index is -0.0602. The average molecular weight is 278 g/mol. The quantitative estimate of drug-likeness (QED) is 0.853. The molecule has 2 aromatic rings. The van der Waals surface area contributed by atoms with Crippen LogP contribution >= 0.6 is 0 Å². The van der Waals surface area contributed by atoms with E-state index in [0.29, 0.717) is 17.0 Å². The summed E-state index contributed by atoms with van der Waals surface area (Å²) in [4.78, 5) is 14.0. The molecule has 0 unspecified atom stereocenters. The molecule has 0 heterocycles. The van der Waals surface area contributed by atoms with Crippen LogP contribution in [0.1, 0.15) is 41.3 Å². The molecule has 3 heteroatoms. The van der Waals surface area contributed by atoms with Gasteiger partial charge in [0.1, 0.15) is 0 Å². The summed E-state index contributed by atoms with van der Waals surface area (Å²) >= 11 is 0. The van der Waals surface area contributed by atoms with Gasteiger partial charge in [-0.25, -0.2) is 0 Å². The van der Waals surface area contributed by atoms with Crippen molar-refractivity contribution < 1.29 is 4.79 Å². The van der Waals surface area contributed by atoms with Crippen LogP contribution in [0.25, 0.3) is 0 Å². The zero-order valence-corrected chi connectivity index (χ0v) is 12.5. The van der Waals surface area contributed by atoms with E-state index in [-0.39, 0.29) is 5.91 Å².